The number of benzene rings is 2. The Kier molecular flexibility index (Phi) is 5.46. The first-order valence-corrected chi connectivity index (χ1v) is 7.56. The van der Waals surface area contributed by atoms with Crippen LogP contribution >= 0.6 is 27.5 Å². The molecule has 20 heavy (non-hydrogen) atoms. The molecule has 0 amide bonds. The second-order valence-electron chi connectivity index (χ2n) is 4.57. The van der Waals surface area contributed by atoms with Gasteiger partial charge in [-0.3, -0.25) is 0 Å². The Hall–Kier alpha value is -1.03. The lowest BCUT2D eigenvalue weighted by Crippen LogP contribution is -2.18. The molecule has 2 aromatic rings. The lowest BCUT2D eigenvalue weighted by molar-refractivity contribution is 0.412. The second kappa shape index (κ2) is 7.11. The van der Waals surface area contributed by atoms with Crippen molar-refractivity contribution in [3.63, 3.8) is 0 Å². The highest BCUT2D eigenvalue weighted by atomic mass is 79.9. The number of hydrogen-bond donors (Lipinski definition) is 1. The van der Waals surface area contributed by atoms with E-state index in [1.807, 2.05) is 31.3 Å². The summed E-state index contributed by atoms with van der Waals surface area (Å²) >= 11 is 9.58. The first-order valence-electron chi connectivity index (χ1n) is 6.39. The third-order valence-corrected chi connectivity index (χ3v) is 4.11. The molecule has 0 aliphatic heterocycles. The molecular weight excluding hydrogens is 338 g/mol. The van der Waals surface area contributed by atoms with Gasteiger partial charge >= 0.3 is 0 Å². The van der Waals surface area contributed by atoms with Gasteiger partial charge < -0.3 is 10.1 Å². The molecule has 0 spiro atoms. The number of nitrogens with one attached hydrogen (secondary N) is 1. The van der Waals surface area contributed by atoms with Gasteiger partial charge in [-0.1, -0.05) is 29.8 Å². The summed E-state index contributed by atoms with van der Waals surface area (Å²) in [6.07, 6.45) is 0.888. The van der Waals surface area contributed by atoms with Crippen molar-refractivity contribution in [2.45, 2.75) is 12.5 Å². The Labute approximate surface area is 133 Å². The van der Waals surface area contributed by atoms with E-state index in [0.29, 0.717) is 0 Å². The van der Waals surface area contributed by atoms with E-state index in [-0.39, 0.29) is 6.04 Å². The van der Waals surface area contributed by atoms with Gasteiger partial charge in [-0.15, -0.1) is 0 Å². The van der Waals surface area contributed by atoms with Gasteiger partial charge in [0.25, 0.3) is 0 Å². The normalized spacial score (nSPS) is 12.2. The Morgan fingerprint density at radius 1 is 1.25 bits per heavy atom. The zero-order valence-corrected chi connectivity index (χ0v) is 13.8. The summed E-state index contributed by atoms with van der Waals surface area (Å²) in [5, 5.41) is 4.10. The van der Waals surface area contributed by atoms with Gasteiger partial charge in [0.05, 0.1) is 11.6 Å². The van der Waals surface area contributed by atoms with Gasteiger partial charge in [0.2, 0.25) is 0 Å². The van der Waals surface area contributed by atoms with Crippen molar-refractivity contribution in [1.29, 1.82) is 0 Å². The fourth-order valence-corrected chi connectivity index (χ4v) is 2.97. The number of rotatable bonds is 5. The predicted octanol–water partition coefficient (Wildman–Crippen LogP) is 4.61. The Balaban J connectivity index is 2.20. The predicted molar refractivity (Wildman–Crippen MR) is 87.7 cm³/mol. The van der Waals surface area contributed by atoms with Gasteiger partial charge in [0.15, 0.2) is 0 Å². The average molecular weight is 355 g/mol. The summed E-state index contributed by atoms with van der Waals surface area (Å²) in [6.45, 7) is 0. The highest BCUT2D eigenvalue weighted by Gasteiger charge is 2.11. The highest BCUT2D eigenvalue weighted by Crippen LogP contribution is 2.28. The van der Waals surface area contributed by atoms with Crippen molar-refractivity contribution >= 4 is 27.5 Å². The summed E-state index contributed by atoms with van der Waals surface area (Å²) in [6, 6.07) is 14.3. The van der Waals surface area contributed by atoms with Crippen molar-refractivity contribution in [1.82, 2.24) is 5.32 Å². The van der Waals surface area contributed by atoms with Crippen molar-refractivity contribution in [3.05, 3.63) is 63.1 Å². The summed E-state index contributed by atoms with van der Waals surface area (Å²) in [4.78, 5) is 0. The molecule has 0 radical (unpaired) electrons. The minimum absolute atomic E-state index is 0.231. The Bertz CT molecular complexity index is 588. The summed E-state index contributed by atoms with van der Waals surface area (Å²) in [7, 11) is 3.63. The number of halogens is 2. The Morgan fingerprint density at radius 3 is 2.65 bits per heavy atom. The molecule has 2 nitrogen and oxygen atoms in total. The number of ether oxygens (including phenoxy) is 1. The van der Waals surface area contributed by atoms with Crippen LogP contribution in [-0.4, -0.2) is 14.2 Å². The summed E-state index contributed by atoms with van der Waals surface area (Å²) in [5.41, 5.74) is 2.42. The molecule has 2 aromatic carbocycles. The largest absolute Gasteiger partial charge is 0.496 e. The molecule has 0 saturated carbocycles. The quantitative estimate of drug-likeness (QED) is 0.846. The number of likely N-dealkylation sites (N-methyl/N-ethyl adjacent to an activating group) is 1. The van der Waals surface area contributed by atoms with Crippen LogP contribution in [0.2, 0.25) is 5.02 Å². The maximum Gasteiger partial charge on any atom is 0.133 e. The van der Waals surface area contributed by atoms with Crippen LogP contribution in [0.5, 0.6) is 5.75 Å². The highest BCUT2D eigenvalue weighted by molar-refractivity contribution is 9.10. The lowest BCUT2D eigenvalue weighted by Gasteiger charge is -2.17. The topological polar surface area (TPSA) is 21.3 Å². The molecule has 4 heteroatoms. The van der Waals surface area contributed by atoms with E-state index in [4.69, 9.17) is 16.3 Å². The van der Waals surface area contributed by atoms with E-state index < -0.39 is 0 Å². The van der Waals surface area contributed by atoms with E-state index in [0.717, 1.165) is 21.7 Å². The van der Waals surface area contributed by atoms with Gasteiger partial charge in [-0.05, 0) is 64.8 Å². The molecule has 0 heterocycles. The lowest BCUT2D eigenvalue weighted by atomic mass is 9.99. The van der Waals surface area contributed by atoms with Crippen molar-refractivity contribution in [2.75, 3.05) is 14.2 Å². The minimum Gasteiger partial charge on any atom is -0.496 e. The monoisotopic (exact) mass is 353 g/mol. The van der Waals surface area contributed by atoms with Crippen LogP contribution in [0, 0.1) is 0 Å². The van der Waals surface area contributed by atoms with Crippen molar-refractivity contribution < 1.29 is 4.74 Å². The second-order valence-corrected chi connectivity index (χ2v) is 5.86. The number of hydrogen-bond acceptors (Lipinski definition) is 2. The third kappa shape index (κ3) is 3.75. The molecule has 0 fully saturated rings. The van der Waals surface area contributed by atoms with Gasteiger partial charge in [-0.25, -0.2) is 0 Å². The van der Waals surface area contributed by atoms with Crippen LogP contribution in [0.1, 0.15) is 17.2 Å². The van der Waals surface area contributed by atoms with Gasteiger partial charge in [-0.2, -0.15) is 0 Å². The average Bonchev–Trinajstić information content (AvgIpc) is 2.45. The molecule has 0 aliphatic rings. The fourth-order valence-electron chi connectivity index (χ4n) is 2.18. The van der Waals surface area contributed by atoms with Crippen LogP contribution < -0.4 is 10.1 Å². The molecule has 0 bridgehead atoms. The van der Waals surface area contributed by atoms with Crippen LogP contribution in [0.4, 0.5) is 0 Å². The molecule has 0 saturated heterocycles. The van der Waals surface area contributed by atoms with Crippen LogP contribution in [0.15, 0.2) is 46.9 Å². The Morgan fingerprint density at radius 2 is 2.05 bits per heavy atom. The fraction of sp³-hybridized carbons (Fsp3) is 0.250. The standard InChI is InChI=1S/C16H17BrClNO/c1-19-15(12-4-3-5-13(18)10-12)9-11-6-7-16(20-2)14(17)8-11/h3-8,10,15,19H,9H2,1-2H3. The van der Waals surface area contributed by atoms with E-state index >= 15 is 0 Å². The SMILES string of the molecule is CNC(Cc1ccc(OC)c(Br)c1)c1cccc(Cl)c1. The van der Waals surface area contributed by atoms with Gasteiger partial charge in [0.1, 0.15) is 5.75 Å². The van der Waals surface area contributed by atoms with Gasteiger partial charge in [0, 0.05) is 11.1 Å². The molecule has 1 atom stereocenters. The van der Waals surface area contributed by atoms with Crippen LogP contribution in [0.25, 0.3) is 0 Å². The minimum atomic E-state index is 0.231. The first-order chi connectivity index (χ1) is 9.63. The molecule has 0 aliphatic carbocycles. The zero-order chi connectivity index (χ0) is 14.5. The van der Waals surface area contributed by atoms with E-state index in [1.165, 1.54) is 11.1 Å². The van der Waals surface area contributed by atoms with E-state index in [9.17, 15) is 0 Å². The molecule has 106 valence electrons. The number of methoxy groups -OCH3 is 1. The third-order valence-electron chi connectivity index (χ3n) is 3.26. The molecule has 1 unspecified atom stereocenters. The summed E-state index contributed by atoms with van der Waals surface area (Å²) in [5.74, 6) is 0.845. The van der Waals surface area contributed by atoms with Crippen LogP contribution in [0.3, 0.4) is 0 Å². The maximum atomic E-state index is 6.06. The van der Waals surface area contributed by atoms with E-state index in [1.54, 1.807) is 7.11 Å². The molecular formula is C16H17BrClNO. The molecule has 2 rings (SSSR count). The molecule has 1 N–H and O–H groups in total. The van der Waals surface area contributed by atoms with Crippen molar-refractivity contribution in [3.8, 4) is 5.75 Å². The maximum absolute atomic E-state index is 6.06. The first kappa shape index (κ1) is 15.4. The van der Waals surface area contributed by atoms with E-state index in [2.05, 4.69) is 39.4 Å². The van der Waals surface area contributed by atoms with Crippen LogP contribution in [-0.2, 0) is 6.42 Å². The van der Waals surface area contributed by atoms with Crippen molar-refractivity contribution in [2.24, 2.45) is 0 Å². The smallest absolute Gasteiger partial charge is 0.133 e. The summed E-state index contributed by atoms with van der Waals surface area (Å²) < 4.78 is 6.22. The zero-order valence-electron chi connectivity index (χ0n) is 11.5. The molecule has 0 aromatic heterocycles.